The molecule has 1 aromatic carbocycles. The summed E-state index contributed by atoms with van der Waals surface area (Å²) < 4.78 is 0. The maximum absolute atomic E-state index is 6.12. The van der Waals surface area contributed by atoms with Crippen molar-refractivity contribution < 1.29 is 0 Å². The first-order valence-electron chi connectivity index (χ1n) is 7.51. The van der Waals surface area contributed by atoms with E-state index in [-0.39, 0.29) is 5.54 Å². The van der Waals surface area contributed by atoms with E-state index in [0.29, 0.717) is 6.04 Å². The molecule has 1 aliphatic rings. The molecule has 0 spiro atoms. The Labute approximate surface area is 123 Å². The second kappa shape index (κ2) is 6.87. The predicted octanol–water partition coefficient (Wildman–Crippen LogP) is 3.46. The van der Waals surface area contributed by atoms with Crippen molar-refractivity contribution in [2.75, 3.05) is 13.1 Å². The van der Waals surface area contributed by atoms with Crippen LogP contribution in [0.3, 0.4) is 0 Å². The van der Waals surface area contributed by atoms with Crippen molar-refractivity contribution in [3.63, 3.8) is 0 Å². The molecule has 0 aromatic heterocycles. The van der Waals surface area contributed by atoms with Crippen LogP contribution in [0.2, 0.25) is 0 Å². The summed E-state index contributed by atoms with van der Waals surface area (Å²) in [5.41, 5.74) is 7.60. The van der Waals surface area contributed by atoms with Crippen molar-refractivity contribution in [2.24, 2.45) is 5.73 Å². The number of benzene rings is 1. The Hall–Kier alpha value is -1.38. The van der Waals surface area contributed by atoms with Gasteiger partial charge in [-0.05, 0) is 31.2 Å². The largest absolute Gasteiger partial charge is 0.328 e. The van der Waals surface area contributed by atoms with Gasteiger partial charge in [-0.2, -0.15) is 0 Å². The molecule has 2 rings (SSSR count). The van der Waals surface area contributed by atoms with E-state index in [0.717, 1.165) is 38.8 Å². The lowest BCUT2D eigenvalue weighted by Gasteiger charge is -2.47. The van der Waals surface area contributed by atoms with Gasteiger partial charge in [-0.3, -0.25) is 4.90 Å². The van der Waals surface area contributed by atoms with Gasteiger partial charge in [0.05, 0.1) is 0 Å². The van der Waals surface area contributed by atoms with Crippen molar-refractivity contribution >= 4 is 0 Å². The molecule has 0 radical (unpaired) electrons. The highest BCUT2D eigenvalue weighted by Crippen LogP contribution is 2.41. The minimum absolute atomic E-state index is 0.0828. The summed E-state index contributed by atoms with van der Waals surface area (Å²) >= 11 is 0. The van der Waals surface area contributed by atoms with Gasteiger partial charge in [0.15, 0.2) is 0 Å². The van der Waals surface area contributed by atoms with Crippen LogP contribution in [0.15, 0.2) is 55.6 Å². The van der Waals surface area contributed by atoms with Crippen LogP contribution in [-0.4, -0.2) is 24.0 Å². The summed E-state index contributed by atoms with van der Waals surface area (Å²) in [4.78, 5) is 2.49. The quantitative estimate of drug-likeness (QED) is 0.802. The molecular weight excluding hydrogens is 244 g/mol. The highest BCUT2D eigenvalue weighted by atomic mass is 15.2. The molecule has 2 N–H and O–H groups in total. The van der Waals surface area contributed by atoms with E-state index < -0.39 is 0 Å². The monoisotopic (exact) mass is 270 g/mol. The smallest absolute Gasteiger partial charge is 0.0468 e. The lowest BCUT2D eigenvalue weighted by atomic mass is 9.73. The number of hydrogen-bond acceptors (Lipinski definition) is 2. The maximum Gasteiger partial charge on any atom is 0.0468 e. The summed E-state index contributed by atoms with van der Waals surface area (Å²) in [7, 11) is 0. The van der Waals surface area contributed by atoms with Crippen molar-refractivity contribution in [3.8, 4) is 0 Å². The zero-order chi connectivity index (χ0) is 14.4. The van der Waals surface area contributed by atoms with Crippen LogP contribution in [0.4, 0.5) is 0 Å². The van der Waals surface area contributed by atoms with Crippen LogP contribution in [0.25, 0.3) is 0 Å². The Bertz CT molecular complexity index is 420. The Kier molecular flexibility index (Phi) is 5.16. The Morgan fingerprint density at radius 2 is 1.65 bits per heavy atom. The van der Waals surface area contributed by atoms with Gasteiger partial charge < -0.3 is 5.73 Å². The zero-order valence-electron chi connectivity index (χ0n) is 12.3. The van der Waals surface area contributed by atoms with Crippen LogP contribution in [0.1, 0.15) is 31.2 Å². The molecule has 0 atom stereocenters. The fourth-order valence-electron chi connectivity index (χ4n) is 3.39. The van der Waals surface area contributed by atoms with Gasteiger partial charge in [0.1, 0.15) is 0 Å². The molecule has 0 bridgehead atoms. The van der Waals surface area contributed by atoms with Crippen LogP contribution in [-0.2, 0) is 5.54 Å². The standard InChI is InChI=1S/C18H26N2/c1-3-14-20(15-4-2)18(12-10-17(19)11-13-18)16-8-6-5-7-9-16/h3-9,17H,1-2,10-15,19H2/t17-,18-. The topological polar surface area (TPSA) is 29.3 Å². The third-order valence-electron chi connectivity index (χ3n) is 4.47. The molecule has 0 amide bonds. The summed E-state index contributed by atoms with van der Waals surface area (Å²) in [6.07, 6.45) is 8.37. The Morgan fingerprint density at radius 3 is 2.15 bits per heavy atom. The van der Waals surface area contributed by atoms with Gasteiger partial charge in [0.25, 0.3) is 0 Å². The normalized spacial score (nSPS) is 26.4. The van der Waals surface area contributed by atoms with Gasteiger partial charge in [0, 0.05) is 24.7 Å². The second-order valence-corrected chi connectivity index (χ2v) is 5.72. The van der Waals surface area contributed by atoms with Crippen molar-refractivity contribution in [3.05, 3.63) is 61.2 Å². The van der Waals surface area contributed by atoms with Crippen molar-refractivity contribution in [2.45, 2.75) is 37.3 Å². The van der Waals surface area contributed by atoms with E-state index >= 15 is 0 Å². The molecule has 0 aliphatic heterocycles. The zero-order valence-corrected chi connectivity index (χ0v) is 12.3. The van der Waals surface area contributed by atoms with E-state index in [1.807, 2.05) is 12.2 Å². The molecule has 0 unspecified atom stereocenters. The minimum atomic E-state index is 0.0828. The number of rotatable bonds is 6. The average molecular weight is 270 g/mol. The molecule has 2 nitrogen and oxygen atoms in total. The highest BCUT2D eigenvalue weighted by molar-refractivity contribution is 5.26. The summed E-state index contributed by atoms with van der Waals surface area (Å²) in [6, 6.07) is 11.2. The van der Waals surface area contributed by atoms with E-state index in [1.54, 1.807) is 0 Å². The summed E-state index contributed by atoms with van der Waals surface area (Å²) in [5.74, 6) is 0. The molecule has 0 heterocycles. The molecule has 20 heavy (non-hydrogen) atoms. The average Bonchev–Trinajstić information content (AvgIpc) is 2.49. The van der Waals surface area contributed by atoms with E-state index in [4.69, 9.17) is 5.73 Å². The lowest BCUT2D eigenvalue weighted by Crippen LogP contribution is -2.50. The summed E-state index contributed by atoms with van der Waals surface area (Å²) in [6.45, 7) is 9.60. The van der Waals surface area contributed by atoms with Crippen LogP contribution in [0.5, 0.6) is 0 Å². The minimum Gasteiger partial charge on any atom is -0.328 e. The fourth-order valence-corrected chi connectivity index (χ4v) is 3.39. The van der Waals surface area contributed by atoms with Crippen molar-refractivity contribution in [1.82, 2.24) is 4.90 Å². The number of hydrogen-bond donors (Lipinski definition) is 1. The number of nitrogens with two attached hydrogens (primary N) is 1. The van der Waals surface area contributed by atoms with Gasteiger partial charge in [-0.15, -0.1) is 13.2 Å². The molecule has 1 fully saturated rings. The number of nitrogens with zero attached hydrogens (tertiary/aromatic N) is 1. The SMILES string of the molecule is C=CCN(CC=C)[C@]1(c2ccccc2)CC[C@@H](N)CC1. The van der Waals surface area contributed by atoms with Crippen LogP contribution in [0, 0.1) is 0 Å². The van der Waals surface area contributed by atoms with Gasteiger partial charge in [-0.1, -0.05) is 42.5 Å². The molecule has 1 aromatic rings. The molecule has 1 aliphatic carbocycles. The lowest BCUT2D eigenvalue weighted by molar-refractivity contribution is 0.0636. The Morgan fingerprint density at radius 1 is 1.10 bits per heavy atom. The third kappa shape index (κ3) is 3.02. The molecule has 0 saturated heterocycles. The molecule has 108 valence electrons. The molecular formula is C18H26N2. The first-order valence-corrected chi connectivity index (χ1v) is 7.51. The maximum atomic E-state index is 6.12. The van der Waals surface area contributed by atoms with Crippen LogP contribution >= 0.6 is 0 Å². The highest BCUT2D eigenvalue weighted by Gasteiger charge is 2.40. The van der Waals surface area contributed by atoms with Gasteiger partial charge >= 0.3 is 0 Å². The first kappa shape index (κ1) is 15.0. The van der Waals surface area contributed by atoms with Crippen LogP contribution < -0.4 is 5.73 Å². The molecule has 2 heteroatoms. The van der Waals surface area contributed by atoms with Crippen molar-refractivity contribution in [1.29, 1.82) is 0 Å². The Balaban J connectivity index is 2.37. The van der Waals surface area contributed by atoms with Gasteiger partial charge in [0.2, 0.25) is 0 Å². The second-order valence-electron chi connectivity index (χ2n) is 5.72. The molecule has 1 saturated carbocycles. The first-order chi connectivity index (χ1) is 9.73. The summed E-state index contributed by atoms with van der Waals surface area (Å²) in [5, 5.41) is 0. The predicted molar refractivity (Wildman–Crippen MR) is 86.5 cm³/mol. The fraction of sp³-hybridized carbons (Fsp3) is 0.444. The van der Waals surface area contributed by atoms with E-state index in [9.17, 15) is 0 Å². The van der Waals surface area contributed by atoms with E-state index in [1.165, 1.54) is 5.56 Å². The third-order valence-corrected chi connectivity index (χ3v) is 4.47. The van der Waals surface area contributed by atoms with Gasteiger partial charge in [-0.25, -0.2) is 0 Å². The van der Waals surface area contributed by atoms with E-state index in [2.05, 4.69) is 48.4 Å².